The van der Waals surface area contributed by atoms with Gasteiger partial charge < -0.3 is 4.18 Å². The zero-order chi connectivity index (χ0) is 8.97. The van der Waals surface area contributed by atoms with Gasteiger partial charge in [0, 0.05) is 0 Å². The van der Waals surface area contributed by atoms with E-state index in [1.165, 1.54) is 0 Å². The molecule has 0 N–H and O–H groups in total. The van der Waals surface area contributed by atoms with E-state index < -0.39 is 11.0 Å². The molecule has 0 saturated carbocycles. The van der Waals surface area contributed by atoms with Gasteiger partial charge in [-0.1, -0.05) is 24.8 Å². The molecule has 0 fully saturated rings. The zero-order valence-corrected chi connectivity index (χ0v) is 7.16. The predicted molar refractivity (Wildman–Crippen MR) is 54.6 cm³/mol. The monoisotopic (exact) mass is 208 g/mol. The Kier molecular flexibility index (Phi) is 6.07. The Balaban J connectivity index is 0.00000144. The number of thiol groups is 1. The van der Waals surface area contributed by atoms with E-state index >= 15 is 0 Å². The molecule has 0 amide bonds. The fourth-order valence-corrected chi connectivity index (χ4v) is 1.04. The van der Waals surface area contributed by atoms with Crippen molar-refractivity contribution in [3.8, 4) is 5.75 Å². The third kappa shape index (κ3) is 4.47. The first-order valence-corrected chi connectivity index (χ1v) is 4.37. The molecule has 0 saturated heterocycles. The summed E-state index contributed by atoms with van der Waals surface area (Å²) in [6.07, 6.45) is 1.67. The molecule has 1 aromatic carbocycles. The molecule has 1 rings (SSSR count). The van der Waals surface area contributed by atoms with Crippen molar-refractivity contribution in [2.24, 2.45) is 0 Å². The molecule has 0 aromatic heterocycles. The van der Waals surface area contributed by atoms with Gasteiger partial charge in [0.25, 0.3) is 11.0 Å². The van der Waals surface area contributed by atoms with Gasteiger partial charge in [0.05, 0.1) is 0 Å². The van der Waals surface area contributed by atoms with E-state index in [4.69, 9.17) is 0 Å². The second-order valence-corrected chi connectivity index (χ2v) is 2.72. The molecule has 66 valence electrons. The summed E-state index contributed by atoms with van der Waals surface area (Å²) in [6.45, 7) is 3.56. The average molecular weight is 208 g/mol. The molecule has 0 bridgehead atoms. The molecular weight excluding hydrogens is 199 g/mol. The van der Waals surface area contributed by atoms with Crippen LogP contribution in [0.1, 0.15) is 5.56 Å². The van der Waals surface area contributed by atoms with Crippen LogP contribution in [0.2, 0.25) is 0 Å². The van der Waals surface area contributed by atoms with E-state index in [0.717, 1.165) is 5.56 Å². The maximum absolute atomic E-state index is 10.1. The molecule has 5 heteroatoms. The van der Waals surface area contributed by atoms with Crippen molar-refractivity contribution in [2.45, 2.75) is 0 Å². The average Bonchev–Trinajstić information content (AvgIpc) is 2.05. The molecule has 3 nitrogen and oxygen atoms in total. The van der Waals surface area contributed by atoms with E-state index in [0.29, 0.717) is 5.75 Å². The fraction of sp³-hybridized carbons (Fsp3) is 0. The Labute approximate surface area is 101 Å². The molecular formula is C8H9NaO3S. The molecule has 0 aliphatic rings. The van der Waals surface area contributed by atoms with Gasteiger partial charge in [0.15, 0.2) is 0 Å². The number of hydrogen-bond acceptors (Lipinski definition) is 3. The molecule has 13 heavy (non-hydrogen) atoms. The van der Waals surface area contributed by atoms with Crippen LogP contribution in [0, 0.1) is 0 Å². The van der Waals surface area contributed by atoms with E-state index in [1.54, 1.807) is 30.3 Å². The van der Waals surface area contributed by atoms with Crippen LogP contribution in [-0.4, -0.2) is 38.0 Å². The summed E-state index contributed by atoms with van der Waals surface area (Å²) in [5.74, 6) is 0.316. The first-order chi connectivity index (χ1) is 5.72. The van der Waals surface area contributed by atoms with Gasteiger partial charge >= 0.3 is 29.6 Å². The van der Waals surface area contributed by atoms with Gasteiger partial charge in [-0.15, -0.1) is 0 Å². The number of hydrogen-bond donors (Lipinski definition) is 1. The van der Waals surface area contributed by atoms with Gasteiger partial charge in [-0.05, 0) is 17.7 Å². The fourth-order valence-electron chi connectivity index (χ4n) is 0.751. The Morgan fingerprint density at radius 3 is 2.15 bits per heavy atom. The summed E-state index contributed by atoms with van der Waals surface area (Å²) in [7, 11) is -2.82. The van der Waals surface area contributed by atoms with Crippen LogP contribution in [0.5, 0.6) is 5.75 Å². The van der Waals surface area contributed by atoms with E-state index in [1.807, 2.05) is 0 Å². The SMILES string of the molecule is C=Cc1ccc(O[SH](=O)=O)cc1.[NaH]. The zero-order valence-electron chi connectivity index (χ0n) is 6.27. The van der Waals surface area contributed by atoms with E-state index in [9.17, 15) is 8.42 Å². The molecule has 0 spiro atoms. The summed E-state index contributed by atoms with van der Waals surface area (Å²) in [5.41, 5.74) is 0.920. The van der Waals surface area contributed by atoms with E-state index in [-0.39, 0.29) is 29.6 Å². The minimum atomic E-state index is -2.82. The molecule has 0 atom stereocenters. The van der Waals surface area contributed by atoms with Crippen LogP contribution >= 0.6 is 0 Å². The first kappa shape index (κ1) is 12.7. The van der Waals surface area contributed by atoms with Crippen molar-refractivity contribution in [3.05, 3.63) is 36.4 Å². The molecule has 0 heterocycles. The number of rotatable bonds is 3. The van der Waals surface area contributed by atoms with Crippen molar-refractivity contribution >= 4 is 46.6 Å². The van der Waals surface area contributed by atoms with Gasteiger partial charge in [0.2, 0.25) is 0 Å². The second-order valence-electron chi connectivity index (χ2n) is 2.09. The standard InChI is InChI=1S/C8H8O3S.Na.H/c1-2-7-3-5-8(6-4-7)11-12(9)10;;/h2-6,12H,1H2;;. The normalized spacial score (nSPS) is 9.00. The maximum atomic E-state index is 10.1. The molecule has 0 radical (unpaired) electrons. The third-order valence-electron chi connectivity index (χ3n) is 1.30. The Morgan fingerprint density at radius 1 is 1.23 bits per heavy atom. The van der Waals surface area contributed by atoms with Crippen LogP contribution in [0.3, 0.4) is 0 Å². The van der Waals surface area contributed by atoms with Crippen LogP contribution < -0.4 is 4.18 Å². The van der Waals surface area contributed by atoms with Crippen LogP contribution in [0.4, 0.5) is 0 Å². The molecule has 0 aliphatic carbocycles. The summed E-state index contributed by atoms with van der Waals surface area (Å²) in [6, 6.07) is 6.59. The Morgan fingerprint density at radius 2 is 1.77 bits per heavy atom. The van der Waals surface area contributed by atoms with Gasteiger partial charge in [-0.25, -0.2) is 0 Å². The summed E-state index contributed by atoms with van der Waals surface area (Å²) in [5, 5.41) is 0. The van der Waals surface area contributed by atoms with Crippen LogP contribution in [0.15, 0.2) is 30.8 Å². The summed E-state index contributed by atoms with van der Waals surface area (Å²) in [4.78, 5) is 0. The van der Waals surface area contributed by atoms with Gasteiger partial charge in [0.1, 0.15) is 5.75 Å². The quantitative estimate of drug-likeness (QED) is 0.584. The van der Waals surface area contributed by atoms with Crippen LogP contribution in [0.25, 0.3) is 6.08 Å². The summed E-state index contributed by atoms with van der Waals surface area (Å²) >= 11 is 0. The van der Waals surface area contributed by atoms with E-state index in [2.05, 4.69) is 10.8 Å². The Bertz CT molecular complexity index is 335. The van der Waals surface area contributed by atoms with Crippen molar-refractivity contribution in [1.82, 2.24) is 0 Å². The van der Waals surface area contributed by atoms with Gasteiger partial charge in [-0.2, -0.15) is 8.42 Å². The molecule has 1 aromatic rings. The Hall–Kier alpha value is -0.290. The summed E-state index contributed by atoms with van der Waals surface area (Å²) < 4.78 is 24.7. The number of benzene rings is 1. The van der Waals surface area contributed by atoms with Gasteiger partial charge in [-0.3, -0.25) is 0 Å². The van der Waals surface area contributed by atoms with Crippen molar-refractivity contribution in [1.29, 1.82) is 0 Å². The van der Waals surface area contributed by atoms with Crippen molar-refractivity contribution in [2.75, 3.05) is 0 Å². The first-order valence-electron chi connectivity index (χ1n) is 3.27. The second kappa shape index (κ2) is 6.21. The predicted octanol–water partition coefficient (Wildman–Crippen LogP) is 0.586. The topological polar surface area (TPSA) is 43.4 Å². The third-order valence-corrected chi connectivity index (χ3v) is 1.66. The van der Waals surface area contributed by atoms with Crippen molar-refractivity contribution in [3.63, 3.8) is 0 Å². The van der Waals surface area contributed by atoms with Crippen LogP contribution in [-0.2, 0) is 11.0 Å². The molecule has 0 aliphatic heterocycles. The minimum absolute atomic E-state index is 0. The van der Waals surface area contributed by atoms with Crippen molar-refractivity contribution < 1.29 is 12.6 Å². The molecule has 0 unspecified atom stereocenters.